The molecule has 0 amide bonds. The summed E-state index contributed by atoms with van der Waals surface area (Å²) in [6, 6.07) is 12.9. The van der Waals surface area contributed by atoms with Crippen LogP contribution in [0, 0.1) is 5.82 Å². The van der Waals surface area contributed by atoms with E-state index in [1.807, 2.05) is 24.3 Å². The molecule has 0 saturated heterocycles. The predicted molar refractivity (Wildman–Crippen MR) is 80.5 cm³/mol. The van der Waals surface area contributed by atoms with Crippen LogP contribution in [0.2, 0.25) is 0 Å². The molecule has 2 aromatic rings. The van der Waals surface area contributed by atoms with Gasteiger partial charge in [0.25, 0.3) is 0 Å². The van der Waals surface area contributed by atoms with E-state index in [-0.39, 0.29) is 11.2 Å². The SMILES string of the molecule is Fc1ccc(C(Cl)Cc2ccc(Br)cc2)cc1Br. The van der Waals surface area contributed by atoms with Gasteiger partial charge in [0.05, 0.1) is 9.85 Å². The maximum Gasteiger partial charge on any atom is 0.137 e. The third kappa shape index (κ3) is 3.56. The third-order valence-corrected chi connectivity index (χ3v) is 4.18. The highest BCUT2D eigenvalue weighted by Crippen LogP contribution is 2.28. The molecule has 0 aliphatic rings. The molecule has 94 valence electrons. The minimum atomic E-state index is -0.272. The van der Waals surface area contributed by atoms with Crippen LogP contribution in [0.25, 0.3) is 0 Å². The molecule has 18 heavy (non-hydrogen) atoms. The van der Waals surface area contributed by atoms with Gasteiger partial charge in [-0.3, -0.25) is 0 Å². The van der Waals surface area contributed by atoms with E-state index in [4.69, 9.17) is 11.6 Å². The van der Waals surface area contributed by atoms with Crippen LogP contribution in [-0.4, -0.2) is 0 Å². The fourth-order valence-electron chi connectivity index (χ4n) is 1.65. The number of hydrogen-bond donors (Lipinski definition) is 0. The minimum Gasteiger partial charge on any atom is -0.206 e. The number of halogens is 4. The van der Waals surface area contributed by atoms with Gasteiger partial charge in [0.1, 0.15) is 5.82 Å². The van der Waals surface area contributed by atoms with E-state index in [1.54, 1.807) is 12.1 Å². The zero-order valence-electron chi connectivity index (χ0n) is 9.34. The van der Waals surface area contributed by atoms with Crippen LogP contribution >= 0.6 is 43.5 Å². The van der Waals surface area contributed by atoms with Gasteiger partial charge < -0.3 is 0 Å². The summed E-state index contributed by atoms with van der Waals surface area (Å²) in [6.07, 6.45) is 0.715. The molecule has 0 heterocycles. The predicted octanol–water partition coefficient (Wildman–Crippen LogP) is 5.87. The Bertz CT molecular complexity index is 540. The molecule has 0 fully saturated rings. The van der Waals surface area contributed by atoms with E-state index in [0.29, 0.717) is 10.9 Å². The molecule has 0 spiro atoms. The van der Waals surface area contributed by atoms with Gasteiger partial charge in [-0.25, -0.2) is 4.39 Å². The number of rotatable bonds is 3. The molecule has 0 N–H and O–H groups in total. The van der Waals surface area contributed by atoms with Crippen LogP contribution in [0.4, 0.5) is 4.39 Å². The number of alkyl halides is 1. The van der Waals surface area contributed by atoms with Gasteiger partial charge in [-0.2, -0.15) is 0 Å². The van der Waals surface area contributed by atoms with Crippen LogP contribution in [-0.2, 0) is 6.42 Å². The van der Waals surface area contributed by atoms with Crippen molar-refractivity contribution in [3.63, 3.8) is 0 Å². The molecule has 0 nitrogen and oxygen atoms in total. The number of hydrogen-bond acceptors (Lipinski definition) is 0. The largest absolute Gasteiger partial charge is 0.206 e. The lowest BCUT2D eigenvalue weighted by Crippen LogP contribution is -1.96. The van der Waals surface area contributed by atoms with Gasteiger partial charge in [0, 0.05) is 4.47 Å². The van der Waals surface area contributed by atoms with Crippen molar-refractivity contribution in [2.24, 2.45) is 0 Å². The molecule has 0 aliphatic carbocycles. The van der Waals surface area contributed by atoms with Crippen molar-refractivity contribution in [1.82, 2.24) is 0 Å². The molecule has 2 rings (SSSR count). The first kappa shape index (κ1) is 14.0. The molecule has 0 saturated carbocycles. The lowest BCUT2D eigenvalue weighted by atomic mass is 10.0. The van der Waals surface area contributed by atoms with Crippen LogP contribution < -0.4 is 0 Å². The molecule has 0 aromatic heterocycles. The lowest BCUT2D eigenvalue weighted by Gasteiger charge is -2.11. The zero-order valence-corrected chi connectivity index (χ0v) is 13.3. The second-order valence-electron chi connectivity index (χ2n) is 3.97. The second kappa shape index (κ2) is 6.18. The smallest absolute Gasteiger partial charge is 0.137 e. The normalized spacial score (nSPS) is 12.4. The fraction of sp³-hybridized carbons (Fsp3) is 0.143. The average Bonchev–Trinajstić information content (AvgIpc) is 2.35. The average molecular weight is 392 g/mol. The second-order valence-corrected chi connectivity index (χ2v) is 6.27. The van der Waals surface area contributed by atoms with E-state index in [0.717, 1.165) is 15.6 Å². The topological polar surface area (TPSA) is 0 Å². The first-order chi connectivity index (χ1) is 8.56. The summed E-state index contributed by atoms with van der Waals surface area (Å²) in [7, 11) is 0. The van der Waals surface area contributed by atoms with Gasteiger partial charge in [0.15, 0.2) is 0 Å². The molecule has 0 bridgehead atoms. The van der Waals surface area contributed by atoms with Crippen LogP contribution in [0.1, 0.15) is 16.5 Å². The molecule has 4 heteroatoms. The van der Waals surface area contributed by atoms with E-state index >= 15 is 0 Å². The Hall–Kier alpha value is -0.380. The highest BCUT2D eigenvalue weighted by atomic mass is 79.9. The van der Waals surface area contributed by atoms with Crippen LogP contribution in [0.5, 0.6) is 0 Å². The summed E-state index contributed by atoms with van der Waals surface area (Å²) < 4.78 is 14.6. The Morgan fingerprint density at radius 2 is 1.72 bits per heavy atom. The van der Waals surface area contributed by atoms with Gasteiger partial charge in [-0.1, -0.05) is 34.1 Å². The zero-order chi connectivity index (χ0) is 13.1. The minimum absolute atomic E-state index is 0.164. The van der Waals surface area contributed by atoms with Gasteiger partial charge in [-0.05, 0) is 57.7 Å². The molecule has 1 unspecified atom stereocenters. The maximum atomic E-state index is 13.1. The Labute approximate surface area is 127 Å². The Kier molecular flexibility index (Phi) is 4.82. The van der Waals surface area contributed by atoms with Crippen molar-refractivity contribution in [2.45, 2.75) is 11.8 Å². The summed E-state index contributed by atoms with van der Waals surface area (Å²) in [5.74, 6) is -0.272. The summed E-state index contributed by atoms with van der Waals surface area (Å²) >= 11 is 12.9. The van der Waals surface area contributed by atoms with E-state index in [1.165, 1.54) is 6.07 Å². The highest BCUT2D eigenvalue weighted by Gasteiger charge is 2.11. The quantitative estimate of drug-likeness (QED) is 0.573. The van der Waals surface area contributed by atoms with Crippen LogP contribution in [0.3, 0.4) is 0 Å². The Morgan fingerprint density at radius 1 is 1.06 bits per heavy atom. The summed E-state index contributed by atoms with van der Waals surface area (Å²) in [5.41, 5.74) is 2.06. The number of benzene rings is 2. The molecule has 1 atom stereocenters. The van der Waals surface area contributed by atoms with Crippen molar-refractivity contribution in [3.8, 4) is 0 Å². The molecule has 2 aromatic carbocycles. The first-order valence-corrected chi connectivity index (χ1v) is 7.42. The molecule has 0 radical (unpaired) electrons. The highest BCUT2D eigenvalue weighted by molar-refractivity contribution is 9.10. The van der Waals surface area contributed by atoms with Crippen molar-refractivity contribution < 1.29 is 4.39 Å². The van der Waals surface area contributed by atoms with Crippen molar-refractivity contribution in [2.75, 3.05) is 0 Å². The van der Waals surface area contributed by atoms with E-state index in [2.05, 4.69) is 31.9 Å². The molecular formula is C14H10Br2ClF. The lowest BCUT2D eigenvalue weighted by molar-refractivity contribution is 0.620. The van der Waals surface area contributed by atoms with Gasteiger partial charge in [0.2, 0.25) is 0 Å². The van der Waals surface area contributed by atoms with Gasteiger partial charge in [-0.15, -0.1) is 11.6 Å². The summed E-state index contributed by atoms with van der Waals surface area (Å²) in [4.78, 5) is 0. The van der Waals surface area contributed by atoms with E-state index in [9.17, 15) is 4.39 Å². The van der Waals surface area contributed by atoms with Crippen molar-refractivity contribution in [1.29, 1.82) is 0 Å². The monoisotopic (exact) mass is 390 g/mol. The maximum absolute atomic E-state index is 13.1. The Morgan fingerprint density at radius 3 is 2.33 bits per heavy atom. The summed E-state index contributed by atoms with van der Waals surface area (Å²) in [5, 5.41) is -0.164. The molecular weight excluding hydrogens is 382 g/mol. The standard InChI is InChI=1S/C14H10Br2ClF/c15-11-4-1-9(2-5-11)7-13(17)10-3-6-14(18)12(16)8-10/h1-6,8,13H,7H2. The summed E-state index contributed by atoms with van der Waals surface area (Å²) in [6.45, 7) is 0. The van der Waals surface area contributed by atoms with Crippen molar-refractivity contribution >= 4 is 43.5 Å². The molecule has 0 aliphatic heterocycles. The third-order valence-electron chi connectivity index (χ3n) is 2.63. The van der Waals surface area contributed by atoms with E-state index < -0.39 is 0 Å². The fourth-order valence-corrected chi connectivity index (χ4v) is 2.63. The van der Waals surface area contributed by atoms with Gasteiger partial charge >= 0.3 is 0 Å². The Balaban J connectivity index is 2.13. The van der Waals surface area contributed by atoms with Crippen LogP contribution in [0.15, 0.2) is 51.4 Å². The van der Waals surface area contributed by atoms with Crippen molar-refractivity contribution in [3.05, 3.63) is 68.4 Å². The first-order valence-electron chi connectivity index (χ1n) is 5.40.